The van der Waals surface area contributed by atoms with Crippen LogP contribution in [0.3, 0.4) is 0 Å². The molecule has 0 aliphatic heterocycles. The molecule has 0 saturated heterocycles. The predicted molar refractivity (Wildman–Crippen MR) is 113 cm³/mol. The number of hydrogen-bond acceptors (Lipinski definition) is 5. The lowest BCUT2D eigenvalue weighted by atomic mass is 9.99. The zero-order valence-electron chi connectivity index (χ0n) is 14.3. The molecular formula is C20H14ClN3O3S. The van der Waals surface area contributed by atoms with E-state index < -0.39 is 5.56 Å². The largest absolute Gasteiger partial charge is 0.506 e. The number of oxime groups is 1. The highest BCUT2D eigenvalue weighted by Gasteiger charge is 2.22. The third kappa shape index (κ3) is 2.90. The second-order valence-corrected chi connectivity index (χ2v) is 7.69. The Morgan fingerprint density at radius 3 is 2.50 bits per heavy atom. The average Bonchev–Trinajstić information content (AvgIpc) is 3.04. The summed E-state index contributed by atoms with van der Waals surface area (Å²) in [7, 11) is 0. The number of halogens is 1. The van der Waals surface area contributed by atoms with Crippen molar-refractivity contribution in [2.45, 2.75) is 0 Å². The quantitative estimate of drug-likeness (QED) is 0.173. The van der Waals surface area contributed by atoms with Crippen LogP contribution in [0.4, 0.5) is 0 Å². The van der Waals surface area contributed by atoms with E-state index in [9.17, 15) is 9.90 Å². The van der Waals surface area contributed by atoms with Gasteiger partial charge in [0.1, 0.15) is 14.9 Å². The van der Waals surface area contributed by atoms with Crippen molar-refractivity contribution < 1.29 is 10.3 Å². The van der Waals surface area contributed by atoms with Gasteiger partial charge in [-0.05, 0) is 17.2 Å². The number of amidine groups is 1. The van der Waals surface area contributed by atoms with E-state index in [1.54, 1.807) is 24.3 Å². The normalized spacial score (nSPS) is 11.8. The summed E-state index contributed by atoms with van der Waals surface area (Å²) in [5, 5.41) is 23.4. The molecule has 5 N–H and O–H groups in total. The van der Waals surface area contributed by atoms with Gasteiger partial charge in [-0.1, -0.05) is 65.3 Å². The maximum absolute atomic E-state index is 12.7. The molecule has 0 spiro atoms. The van der Waals surface area contributed by atoms with Crippen LogP contribution in [0.5, 0.6) is 5.75 Å². The molecule has 2 aromatic carbocycles. The zero-order valence-corrected chi connectivity index (χ0v) is 15.9. The third-order valence-electron chi connectivity index (χ3n) is 4.41. The molecule has 2 heterocycles. The number of benzene rings is 2. The SMILES string of the molecule is N/C(=N/O)c1cccc(-c2c(O)c3c(-c4ccccc4)c(Cl)sc3[nH]c2=O)c1. The molecular weight excluding hydrogens is 398 g/mol. The van der Waals surface area contributed by atoms with Gasteiger partial charge in [-0.25, -0.2) is 0 Å². The molecule has 28 heavy (non-hydrogen) atoms. The van der Waals surface area contributed by atoms with Gasteiger partial charge in [0.25, 0.3) is 5.56 Å². The van der Waals surface area contributed by atoms with Crippen molar-refractivity contribution in [1.29, 1.82) is 0 Å². The van der Waals surface area contributed by atoms with E-state index in [1.807, 2.05) is 30.3 Å². The fraction of sp³-hybridized carbons (Fsp3) is 0. The molecule has 0 aliphatic carbocycles. The zero-order chi connectivity index (χ0) is 19.8. The summed E-state index contributed by atoms with van der Waals surface area (Å²) in [6.07, 6.45) is 0. The molecule has 0 amide bonds. The molecule has 2 aromatic heterocycles. The van der Waals surface area contributed by atoms with Gasteiger partial charge in [0, 0.05) is 11.1 Å². The summed E-state index contributed by atoms with van der Waals surface area (Å²) < 4.78 is 0.467. The van der Waals surface area contributed by atoms with E-state index in [-0.39, 0.29) is 17.1 Å². The lowest BCUT2D eigenvalue weighted by molar-refractivity contribution is 0.318. The number of rotatable bonds is 3. The van der Waals surface area contributed by atoms with Crippen LogP contribution in [0.1, 0.15) is 5.56 Å². The third-order valence-corrected chi connectivity index (χ3v) is 5.72. The van der Waals surface area contributed by atoms with Crippen LogP contribution in [0, 0.1) is 0 Å². The van der Waals surface area contributed by atoms with Crippen LogP contribution in [0.2, 0.25) is 4.34 Å². The van der Waals surface area contributed by atoms with Crippen LogP contribution in [-0.2, 0) is 0 Å². The first kappa shape index (κ1) is 18.1. The van der Waals surface area contributed by atoms with Gasteiger partial charge in [-0.15, -0.1) is 11.3 Å². The van der Waals surface area contributed by atoms with Crippen molar-refractivity contribution in [1.82, 2.24) is 4.98 Å². The van der Waals surface area contributed by atoms with Crippen molar-refractivity contribution in [3.63, 3.8) is 0 Å². The highest BCUT2D eigenvalue weighted by Crippen LogP contribution is 2.46. The molecule has 6 nitrogen and oxygen atoms in total. The van der Waals surface area contributed by atoms with Crippen molar-refractivity contribution >= 4 is 39.0 Å². The Kier molecular flexibility index (Phi) is 4.54. The van der Waals surface area contributed by atoms with Crippen LogP contribution >= 0.6 is 22.9 Å². The number of hydrogen-bond donors (Lipinski definition) is 4. The summed E-state index contributed by atoms with van der Waals surface area (Å²) in [6.45, 7) is 0. The van der Waals surface area contributed by atoms with Crippen molar-refractivity contribution in [3.8, 4) is 28.0 Å². The Labute approximate surface area is 168 Å². The molecule has 8 heteroatoms. The van der Waals surface area contributed by atoms with Gasteiger partial charge >= 0.3 is 0 Å². The van der Waals surface area contributed by atoms with Crippen LogP contribution in [0.25, 0.3) is 32.5 Å². The number of aromatic hydroxyl groups is 1. The van der Waals surface area contributed by atoms with Crippen LogP contribution < -0.4 is 11.3 Å². The minimum absolute atomic E-state index is 0.0896. The van der Waals surface area contributed by atoms with Crippen LogP contribution in [0.15, 0.2) is 64.5 Å². The number of aromatic nitrogens is 1. The molecule has 140 valence electrons. The summed E-state index contributed by atoms with van der Waals surface area (Å²) >= 11 is 7.63. The Morgan fingerprint density at radius 2 is 1.79 bits per heavy atom. The number of aromatic amines is 1. The number of fused-ring (bicyclic) bond motifs is 1. The van der Waals surface area contributed by atoms with E-state index >= 15 is 0 Å². The second kappa shape index (κ2) is 7.03. The molecule has 4 rings (SSSR count). The van der Waals surface area contributed by atoms with E-state index in [0.29, 0.717) is 31.2 Å². The van der Waals surface area contributed by atoms with E-state index in [2.05, 4.69) is 10.1 Å². The molecule has 0 atom stereocenters. The molecule has 0 bridgehead atoms. The van der Waals surface area contributed by atoms with Crippen molar-refractivity contribution in [3.05, 3.63) is 74.9 Å². The van der Waals surface area contributed by atoms with E-state index in [1.165, 1.54) is 11.3 Å². The first-order valence-corrected chi connectivity index (χ1v) is 9.41. The van der Waals surface area contributed by atoms with Crippen molar-refractivity contribution in [2.75, 3.05) is 0 Å². The summed E-state index contributed by atoms with van der Waals surface area (Å²) in [6, 6.07) is 15.9. The topological polar surface area (TPSA) is 112 Å². The van der Waals surface area contributed by atoms with E-state index in [0.717, 1.165) is 5.56 Å². The molecule has 0 fully saturated rings. The predicted octanol–water partition coefficient (Wildman–Crippen LogP) is 4.38. The number of pyridine rings is 1. The first-order valence-electron chi connectivity index (χ1n) is 8.22. The van der Waals surface area contributed by atoms with Gasteiger partial charge in [0.2, 0.25) is 0 Å². The molecule has 0 radical (unpaired) electrons. The second-order valence-electron chi connectivity index (χ2n) is 6.06. The first-order chi connectivity index (χ1) is 13.5. The highest BCUT2D eigenvalue weighted by atomic mass is 35.5. The number of nitrogens with two attached hydrogens (primary N) is 1. The number of thiophene rings is 1. The van der Waals surface area contributed by atoms with Gasteiger partial charge in [-0.3, -0.25) is 4.79 Å². The minimum atomic E-state index is -0.459. The number of nitrogens with one attached hydrogen (secondary N) is 1. The Hall–Kier alpha value is -3.29. The molecule has 0 unspecified atom stereocenters. The molecule has 0 saturated carbocycles. The molecule has 4 aromatic rings. The van der Waals surface area contributed by atoms with Gasteiger partial charge in [0.15, 0.2) is 5.84 Å². The molecule has 0 aliphatic rings. The maximum Gasteiger partial charge on any atom is 0.260 e. The van der Waals surface area contributed by atoms with Gasteiger partial charge < -0.3 is 21.0 Å². The number of nitrogens with zero attached hydrogens (tertiary/aromatic N) is 1. The fourth-order valence-electron chi connectivity index (χ4n) is 3.14. The Bertz CT molecular complexity index is 1280. The van der Waals surface area contributed by atoms with Crippen LogP contribution in [-0.4, -0.2) is 21.1 Å². The van der Waals surface area contributed by atoms with Crippen molar-refractivity contribution in [2.24, 2.45) is 10.9 Å². The standard InChI is InChI=1S/C20H14ClN3O3S/c21-17-13(10-5-2-1-3-6-10)15-16(25)14(19(26)23-20(15)28-17)11-7-4-8-12(9-11)18(22)24-27/h1-9,27H,(H2,22,24)(H2,23,25,26). The Morgan fingerprint density at radius 1 is 1.07 bits per heavy atom. The summed E-state index contributed by atoms with van der Waals surface area (Å²) in [5.41, 5.74) is 7.62. The van der Waals surface area contributed by atoms with Gasteiger partial charge in [-0.2, -0.15) is 0 Å². The lowest BCUT2D eigenvalue weighted by Gasteiger charge is -2.09. The maximum atomic E-state index is 12.7. The van der Waals surface area contributed by atoms with Gasteiger partial charge in [0.05, 0.1) is 10.9 Å². The monoisotopic (exact) mass is 411 g/mol. The summed E-state index contributed by atoms with van der Waals surface area (Å²) in [5.74, 6) is -0.264. The summed E-state index contributed by atoms with van der Waals surface area (Å²) in [4.78, 5) is 16.0. The fourth-order valence-corrected chi connectivity index (χ4v) is 4.52. The van der Waals surface area contributed by atoms with E-state index in [4.69, 9.17) is 22.5 Å². The lowest BCUT2D eigenvalue weighted by Crippen LogP contribution is -2.14. The average molecular weight is 412 g/mol. The Balaban J connectivity index is 2.03. The highest BCUT2D eigenvalue weighted by molar-refractivity contribution is 7.23. The smallest absolute Gasteiger partial charge is 0.260 e. The minimum Gasteiger partial charge on any atom is -0.506 e. The number of H-pyrrole nitrogens is 1.